The second-order valence-electron chi connectivity index (χ2n) is 4.72. The van der Waals surface area contributed by atoms with Crippen molar-refractivity contribution in [1.29, 1.82) is 0 Å². The molecule has 148 valence electrons. The Morgan fingerprint density at radius 1 is 0.680 bits per heavy atom. The van der Waals surface area contributed by atoms with Crippen molar-refractivity contribution in [3.8, 4) is 0 Å². The monoisotopic (exact) mass is 368 g/mol. The third-order valence-corrected chi connectivity index (χ3v) is 2.38. The quantitative estimate of drug-likeness (QED) is 0.191. The van der Waals surface area contributed by atoms with E-state index in [9.17, 15) is 19.2 Å². The highest BCUT2D eigenvalue weighted by Gasteiger charge is 2.09. The van der Waals surface area contributed by atoms with Crippen LogP contribution in [-0.2, 0) is 19.2 Å². The van der Waals surface area contributed by atoms with Gasteiger partial charge in [-0.15, -0.1) is 0 Å². The zero-order chi connectivity index (χ0) is 20.4. The lowest BCUT2D eigenvalue weighted by Gasteiger charge is -2.02. The predicted octanol–water partition coefficient (Wildman–Crippen LogP) is -2.18. The Kier molecular flexibility index (Phi) is 19.9. The average Bonchev–Trinajstić information content (AvgIpc) is 2.49. The highest BCUT2D eigenvalue weighted by Crippen LogP contribution is 1.91. The number of aliphatic carboxylic acids is 4. The van der Waals surface area contributed by atoms with Crippen molar-refractivity contribution in [3.05, 3.63) is 0 Å². The number of carbonyl (C=O) groups is 4. The number of hydrogen-bond acceptors (Lipinski definition) is 8. The minimum absolute atomic E-state index is 0.464. The summed E-state index contributed by atoms with van der Waals surface area (Å²) < 4.78 is 0. The first-order valence-electron chi connectivity index (χ1n) is 7.30. The first-order valence-corrected chi connectivity index (χ1v) is 7.30. The summed E-state index contributed by atoms with van der Waals surface area (Å²) in [6, 6.07) is -1.48. The van der Waals surface area contributed by atoms with Crippen molar-refractivity contribution >= 4 is 23.9 Å². The molecule has 0 rings (SSSR count). The van der Waals surface area contributed by atoms with Gasteiger partial charge in [-0.05, 0) is 38.8 Å². The number of carboxylic acids is 4. The first kappa shape index (κ1) is 27.6. The third kappa shape index (κ3) is 26.9. The molecule has 0 aliphatic heterocycles. The van der Waals surface area contributed by atoms with E-state index in [4.69, 9.17) is 43.4 Å². The van der Waals surface area contributed by atoms with Crippen molar-refractivity contribution in [2.75, 3.05) is 13.1 Å². The van der Waals surface area contributed by atoms with Crippen molar-refractivity contribution in [3.63, 3.8) is 0 Å². The molecule has 0 aliphatic carbocycles. The molecule has 0 saturated heterocycles. The summed E-state index contributed by atoms with van der Waals surface area (Å²) in [6.07, 6.45) is 1.47. The van der Waals surface area contributed by atoms with Gasteiger partial charge in [-0.25, -0.2) is 0 Å². The minimum atomic E-state index is -1.31. The van der Waals surface area contributed by atoms with Crippen LogP contribution in [0.5, 0.6) is 0 Å². The molecule has 0 fully saturated rings. The lowest BCUT2D eigenvalue weighted by molar-refractivity contribution is -0.147. The Bertz CT molecular complexity index is 369. The number of nitrogens with two attached hydrogens (primary N) is 4. The van der Waals surface area contributed by atoms with Gasteiger partial charge in [0.1, 0.15) is 18.5 Å². The normalized spacial score (nSPS) is 11.7. The SMILES string of the molecule is NCCCC(N)C(=O)O.NCCCC(N)C(=O)O.O=C(O)CC(=O)O. The van der Waals surface area contributed by atoms with Crippen molar-refractivity contribution < 1.29 is 39.6 Å². The molecule has 12 heteroatoms. The summed E-state index contributed by atoms with van der Waals surface area (Å²) >= 11 is 0. The van der Waals surface area contributed by atoms with Gasteiger partial charge in [-0.1, -0.05) is 0 Å². The molecule has 12 nitrogen and oxygen atoms in total. The summed E-state index contributed by atoms with van der Waals surface area (Å²) in [6.45, 7) is 1.00. The molecule has 0 amide bonds. The molecule has 12 N–H and O–H groups in total. The molecule has 0 aromatic heterocycles. The second kappa shape index (κ2) is 18.1. The molecule has 0 spiro atoms. The van der Waals surface area contributed by atoms with Gasteiger partial charge in [-0.3, -0.25) is 19.2 Å². The van der Waals surface area contributed by atoms with E-state index in [1.54, 1.807) is 0 Å². The number of rotatable bonds is 10. The molecule has 25 heavy (non-hydrogen) atoms. The van der Waals surface area contributed by atoms with Crippen LogP contribution < -0.4 is 22.9 Å². The van der Waals surface area contributed by atoms with E-state index >= 15 is 0 Å². The van der Waals surface area contributed by atoms with E-state index < -0.39 is 42.4 Å². The topological polar surface area (TPSA) is 253 Å². The van der Waals surface area contributed by atoms with Crippen LogP contribution in [0.2, 0.25) is 0 Å². The Hall–Kier alpha value is -2.28. The Morgan fingerprint density at radius 3 is 1.08 bits per heavy atom. The molecular weight excluding hydrogens is 340 g/mol. The molecule has 0 aromatic rings. The standard InChI is InChI=1S/2C5H12N2O2.C3H4O4/c2*6-3-1-2-4(7)5(8)9;4-2(5)1-3(6)7/h2*4H,1-3,6-7H2,(H,8,9);1H2,(H,4,5)(H,6,7). The van der Waals surface area contributed by atoms with E-state index in [2.05, 4.69) is 0 Å². The average molecular weight is 368 g/mol. The number of carboxylic acid groups (broad SMARTS) is 4. The van der Waals surface area contributed by atoms with E-state index in [1.165, 1.54) is 0 Å². The maximum Gasteiger partial charge on any atom is 0.320 e. The van der Waals surface area contributed by atoms with Crippen LogP contribution in [0.15, 0.2) is 0 Å². The van der Waals surface area contributed by atoms with Crippen LogP contribution in [0.25, 0.3) is 0 Å². The predicted molar refractivity (Wildman–Crippen MR) is 87.7 cm³/mol. The van der Waals surface area contributed by atoms with E-state index in [-0.39, 0.29) is 0 Å². The van der Waals surface area contributed by atoms with Gasteiger partial charge in [0, 0.05) is 0 Å². The Labute approximate surface area is 144 Å². The summed E-state index contributed by atoms with van der Waals surface area (Å²) in [5.74, 6) is -4.54. The van der Waals surface area contributed by atoms with Crippen LogP contribution in [0.4, 0.5) is 0 Å². The fourth-order valence-electron chi connectivity index (χ4n) is 1.05. The number of hydrogen-bond donors (Lipinski definition) is 8. The highest BCUT2D eigenvalue weighted by atomic mass is 16.4. The van der Waals surface area contributed by atoms with Gasteiger partial charge < -0.3 is 43.4 Å². The largest absolute Gasteiger partial charge is 0.481 e. The Morgan fingerprint density at radius 2 is 0.960 bits per heavy atom. The molecule has 0 radical (unpaired) electrons. The zero-order valence-electron chi connectivity index (χ0n) is 13.8. The molecule has 2 unspecified atom stereocenters. The summed E-state index contributed by atoms with van der Waals surface area (Å²) in [5, 5.41) is 31.9. The van der Waals surface area contributed by atoms with Gasteiger partial charge in [0.25, 0.3) is 0 Å². The van der Waals surface area contributed by atoms with E-state index in [1.807, 2.05) is 0 Å². The van der Waals surface area contributed by atoms with Crippen molar-refractivity contribution in [1.82, 2.24) is 0 Å². The van der Waals surface area contributed by atoms with Crippen LogP contribution in [0.1, 0.15) is 32.1 Å². The fraction of sp³-hybridized carbons (Fsp3) is 0.692. The van der Waals surface area contributed by atoms with Crippen LogP contribution >= 0.6 is 0 Å². The fourth-order valence-corrected chi connectivity index (χ4v) is 1.05. The van der Waals surface area contributed by atoms with Gasteiger partial charge in [0.2, 0.25) is 0 Å². The molecule has 0 saturated carbocycles. The van der Waals surface area contributed by atoms with Crippen LogP contribution in [-0.4, -0.2) is 69.5 Å². The maximum absolute atomic E-state index is 10.0. The summed E-state index contributed by atoms with van der Waals surface area (Å²) in [5.41, 5.74) is 20.6. The third-order valence-electron chi connectivity index (χ3n) is 2.38. The van der Waals surface area contributed by atoms with Crippen molar-refractivity contribution in [2.24, 2.45) is 22.9 Å². The van der Waals surface area contributed by atoms with Crippen LogP contribution in [0, 0.1) is 0 Å². The van der Waals surface area contributed by atoms with Crippen LogP contribution in [0.3, 0.4) is 0 Å². The Balaban J connectivity index is -0.000000293. The highest BCUT2D eigenvalue weighted by molar-refractivity contribution is 5.88. The lowest BCUT2D eigenvalue weighted by atomic mass is 10.2. The second-order valence-corrected chi connectivity index (χ2v) is 4.72. The zero-order valence-corrected chi connectivity index (χ0v) is 13.8. The van der Waals surface area contributed by atoms with Gasteiger partial charge in [0.15, 0.2) is 0 Å². The lowest BCUT2D eigenvalue weighted by Crippen LogP contribution is -2.30. The molecule has 0 aromatic carbocycles. The molecular formula is C13H28N4O8. The molecule has 0 bridgehead atoms. The summed E-state index contributed by atoms with van der Waals surface area (Å²) in [4.78, 5) is 38.9. The first-order chi connectivity index (χ1) is 11.5. The maximum atomic E-state index is 10.0. The summed E-state index contributed by atoms with van der Waals surface area (Å²) in [7, 11) is 0. The van der Waals surface area contributed by atoms with Gasteiger partial charge >= 0.3 is 23.9 Å². The van der Waals surface area contributed by atoms with Gasteiger partial charge in [0.05, 0.1) is 0 Å². The molecule has 0 heterocycles. The van der Waals surface area contributed by atoms with Crippen molar-refractivity contribution in [2.45, 2.75) is 44.2 Å². The van der Waals surface area contributed by atoms with E-state index in [0.717, 1.165) is 0 Å². The van der Waals surface area contributed by atoms with E-state index in [0.29, 0.717) is 38.8 Å². The molecule has 0 aliphatic rings. The van der Waals surface area contributed by atoms with Gasteiger partial charge in [-0.2, -0.15) is 0 Å². The smallest absolute Gasteiger partial charge is 0.320 e. The molecule has 2 atom stereocenters. The minimum Gasteiger partial charge on any atom is -0.481 e.